The minimum Gasteiger partial charge on any atom is -0.370 e. The van der Waals surface area contributed by atoms with Crippen molar-refractivity contribution < 1.29 is 13.2 Å². The molecule has 0 aliphatic carbocycles. The maximum absolute atomic E-state index is 11.5. The number of aryl methyl sites for hydroxylation is 1. The van der Waals surface area contributed by atoms with Crippen molar-refractivity contribution in [3.63, 3.8) is 0 Å². The number of nitrogens with zero attached hydrogens (tertiary/aromatic N) is 3. The third kappa shape index (κ3) is 4.71. The maximum Gasteiger partial charge on any atom is 0.211 e. The second kappa shape index (κ2) is 8.92. The highest BCUT2D eigenvalue weighted by Crippen LogP contribution is 2.46. The van der Waals surface area contributed by atoms with Gasteiger partial charge in [-0.3, -0.25) is 4.90 Å². The van der Waals surface area contributed by atoms with E-state index in [1.807, 2.05) is 23.6 Å². The van der Waals surface area contributed by atoms with Crippen LogP contribution >= 0.6 is 11.3 Å². The summed E-state index contributed by atoms with van der Waals surface area (Å²) in [5.74, 6) is 0.801. The van der Waals surface area contributed by atoms with E-state index in [9.17, 15) is 8.42 Å². The number of aromatic nitrogens is 1. The highest BCUT2D eigenvalue weighted by Gasteiger charge is 2.44. The number of hydrogen-bond acceptors (Lipinski definition) is 7. The molecule has 2 aromatic heterocycles. The van der Waals surface area contributed by atoms with Crippen LogP contribution in [0.3, 0.4) is 0 Å². The number of anilines is 1. The van der Waals surface area contributed by atoms with Crippen molar-refractivity contribution in [1.29, 1.82) is 0 Å². The average Bonchev–Trinajstić information content (AvgIpc) is 3.18. The summed E-state index contributed by atoms with van der Waals surface area (Å²) >= 11 is 1.98. The minimum absolute atomic E-state index is 0.109. The molecule has 0 unspecified atom stereocenters. The molecule has 7 nitrogen and oxygen atoms in total. The molecule has 2 atom stereocenters. The molecule has 33 heavy (non-hydrogen) atoms. The summed E-state index contributed by atoms with van der Waals surface area (Å²) in [5, 5.41) is 3.33. The molecule has 0 saturated carbocycles. The molecule has 5 rings (SSSR count). The Morgan fingerprint density at radius 1 is 1.33 bits per heavy atom. The first kappa shape index (κ1) is 23.2. The lowest BCUT2D eigenvalue weighted by Crippen LogP contribution is -2.56. The molecule has 1 N–H and O–H groups in total. The normalized spacial score (nSPS) is 26.8. The molecule has 0 aromatic carbocycles. The van der Waals surface area contributed by atoms with Gasteiger partial charge >= 0.3 is 0 Å². The summed E-state index contributed by atoms with van der Waals surface area (Å²) in [7, 11) is -3.09. The van der Waals surface area contributed by atoms with E-state index < -0.39 is 10.0 Å². The predicted octanol–water partition coefficient (Wildman–Crippen LogP) is 3.21. The molecule has 0 bridgehead atoms. The van der Waals surface area contributed by atoms with Crippen LogP contribution in [0.5, 0.6) is 0 Å². The molecule has 2 fully saturated rings. The van der Waals surface area contributed by atoms with Gasteiger partial charge in [-0.15, -0.1) is 11.3 Å². The Labute approximate surface area is 201 Å². The van der Waals surface area contributed by atoms with E-state index in [1.54, 1.807) is 0 Å². The third-order valence-electron chi connectivity index (χ3n) is 7.34. The zero-order chi connectivity index (χ0) is 23.2. The Morgan fingerprint density at radius 2 is 2.15 bits per heavy atom. The van der Waals surface area contributed by atoms with Crippen molar-refractivity contribution in [3.05, 3.63) is 45.3 Å². The lowest BCUT2D eigenvalue weighted by Gasteiger charge is -2.47. The minimum atomic E-state index is -3.09. The molecular weight excluding hydrogens is 456 g/mol. The molecule has 0 radical (unpaired) electrons. The Kier molecular flexibility index (Phi) is 6.28. The number of rotatable bonds is 6. The summed E-state index contributed by atoms with van der Waals surface area (Å²) in [6.07, 6.45) is 7.42. The van der Waals surface area contributed by atoms with Crippen LogP contribution in [-0.4, -0.2) is 67.2 Å². The zero-order valence-corrected chi connectivity index (χ0v) is 21.3. The predicted molar refractivity (Wildman–Crippen MR) is 132 cm³/mol. The second-order valence-corrected chi connectivity index (χ2v) is 12.9. The fraction of sp³-hybridized carbons (Fsp3) is 0.625. The molecule has 0 amide bonds. The zero-order valence-electron chi connectivity index (χ0n) is 19.7. The average molecular weight is 491 g/mol. The van der Waals surface area contributed by atoms with Crippen LogP contribution in [0.2, 0.25) is 0 Å². The number of fused-ring (bicyclic) bond motifs is 2. The molecule has 3 aliphatic heterocycles. The molecule has 3 aliphatic rings. The maximum atomic E-state index is 11.5. The number of thiophene rings is 1. The van der Waals surface area contributed by atoms with Crippen LogP contribution in [0, 0.1) is 0 Å². The van der Waals surface area contributed by atoms with Gasteiger partial charge in [0.2, 0.25) is 10.0 Å². The van der Waals surface area contributed by atoms with Crippen LogP contribution in [-0.2, 0) is 39.7 Å². The van der Waals surface area contributed by atoms with E-state index in [0.29, 0.717) is 19.1 Å². The molecule has 2 saturated heterocycles. The SMILES string of the molecule is CCc1cc2c(s1)CCO[C@@]21CCN(Cc2ccc(NC3CN(S(C)(=O)=O)C3)nc2)[C@@H](C)C1. The fourth-order valence-electron chi connectivity index (χ4n) is 5.36. The summed E-state index contributed by atoms with van der Waals surface area (Å²) in [6, 6.07) is 7.10. The largest absolute Gasteiger partial charge is 0.370 e. The van der Waals surface area contributed by atoms with Gasteiger partial charge in [0.15, 0.2) is 0 Å². The molecule has 1 spiro atoms. The van der Waals surface area contributed by atoms with Crippen molar-refractivity contribution in [3.8, 4) is 0 Å². The number of piperidine rings is 1. The highest BCUT2D eigenvalue weighted by molar-refractivity contribution is 7.88. The van der Waals surface area contributed by atoms with E-state index >= 15 is 0 Å². The monoisotopic (exact) mass is 490 g/mol. The summed E-state index contributed by atoms with van der Waals surface area (Å²) in [6.45, 7) is 8.30. The number of likely N-dealkylation sites (tertiary alicyclic amines) is 1. The third-order valence-corrected chi connectivity index (χ3v) is 9.91. The van der Waals surface area contributed by atoms with E-state index in [-0.39, 0.29) is 11.6 Å². The molecule has 2 aromatic rings. The van der Waals surface area contributed by atoms with Gasteiger partial charge in [-0.05, 0) is 49.4 Å². The van der Waals surface area contributed by atoms with E-state index in [0.717, 1.165) is 51.2 Å². The van der Waals surface area contributed by atoms with Crippen molar-refractivity contribution in [2.75, 3.05) is 37.8 Å². The van der Waals surface area contributed by atoms with Gasteiger partial charge in [-0.25, -0.2) is 13.4 Å². The van der Waals surface area contributed by atoms with Crippen LogP contribution in [0.4, 0.5) is 5.82 Å². The van der Waals surface area contributed by atoms with E-state index in [4.69, 9.17) is 4.74 Å². The van der Waals surface area contributed by atoms with Crippen molar-refractivity contribution in [2.24, 2.45) is 0 Å². The molecular formula is C24H34N4O3S2. The summed E-state index contributed by atoms with van der Waals surface area (Å²) < 4.78 is 31.0. The van der Waals surface area contributed by atoms with Crippen LogP contribution in [0.25, 0.3) is 0 Å². The van der Waals surface area contributed by atoms with Gasteiger partial charge in [0.1, 0.15) is 5.82 Å². The van der Waals surface area contributed by atoms with E-state index in [2.05, 4.69) is 41.2 Å². The van der Waals surface area contributed by atoms with Gasteiger partial charge in [-0.1, -0.05) is 13.0 Å². The van der Waals surface area contributed by atoms with Crippen LogP contribution in [0.1, 0.15) is 47.6 Å². The topological polar surface area (TPSA) is 74.8 Å². The van der Waals surface area contributed by atoms with Crippen molar-refractivity contribution in [2.45, 2.75) is 63.8 Å². The van der Waals surface area contributed by atoms with Gasteiger partial charge < -0.3 is 10.1 Å². The van der Waals surface area contributed by atoms with Crippen LogP contribution in [0.15, 0.2) is 24.4 Å². The number of sulfonamides is 1. The Bertz CT molecular complexity index is 1100. The van der Waals surface area contributed by atoms with Gasteiger partial charge in [-0.2, -0.15) is 4.31 Å². The number of hydrogen-bond donors (Lipinski definition) is 1. The number of pyridine rings is 1. The second-order valence-electron chi connectivity index (χ2n) is 9.74. The first-order valence-electron chi connectivity index (χ1n) is 11.9. The van der Waals surface area contributed by atoms with Crippen molar-refractivity contribution >= 4 is 27.2 Å². The Hall–Kier alpha value is -1.52. The van der Waals surface area contributed by atoms with Crippen molar-refractivity contribution in [1.82, 2.24) is 14.2 Å². The van der Waals surface area contributed by atoms with Gasteiger partial charge in [0.25, 0.3) is 0 Å². The quantitative estimate of drug-likeness (QED) is 0.670. The standard InChI is InChI=1S/C24H34N4O3S2/c1-4-20-11-21-22(32-20)7-10-31-24(21)8-9-27(17(2)12-24)14-18-5-6-23(25-13-18)26-19-15-28(16-19)33(3,29)30/h5-6,11,13,17,19H,4,7-10,12,14-16H2,1-3H3,(H,25,26)/t17-,24+/m0/s1. The number of ether oxygens (including phenoxy) is 1. The fourth-order valence-corrected chi connectivity index (χ4v) is 7.44. The highest BCUT2D eigenvalue weighted by atomic mass is 32.2. The van der Waals surface area contributed by atoms with Gasteiger partial charge in [0, 0.05) is 54.6 Å². The summed E-state index contributed by atoms with van der Waals surface area (Å²) in [5.41, 5.74) is 2.55. The molecule has 9 heteroatoms. The first-order valence-corrected chi connectivity index (χ1v) is 14.6. The molecule has 5 heterocycles. The smallest absolute Gasteiger partial charge is 0.211 e. The lowest BCUT2D eigenvalue weighted by atomic mass is 9.79. The Balaban J connectivity index is 1.18. The molecule has 180 valence electrons. The van der Waals surface area contributed by atoms with Crippen LogP contribution < -0.4 is 5.32 Å². The van der Waals surface area contributed by atoms with Gasteiger partial charge in [0.05, 0.1) is 24.5 Å². The first-order chi connectivity index (χ1) is 15.8. The van der Waals surface area contributed by atoms with E-state index in [1.165, 1.54) is 31.4 Å². The number of nitrogens with one attached hydrogen (secondary N) is 1. The lowest BCUT2D eigenvalue weighted by molar-refractivity contribution is -0.112. The Morgan fingerprint density at radius 3 is 2.82 bits per heavy atom. The summed E-state index contributed by atoms with van der Waals surface area (Å²) in [4.78, 5) is 10.1.